The second-order valence-electron chi connectivity index (χ2n) is 9.86. The minimum Gasteiger partial charge on any atom is -0.493 e. The largest absolute Gasteiger partial charge is 0.493 e. The second-order valence-corrected chi connectivity index (χ2v) is 11.5. The molecule has 0 unspecified atom stereocenters. The maximum atomic E-state index is 14.5. The lowest BCUT2D eigenvalue weighted by Crippen LogP contribution is -2.31. The van der Waals surface area contributed by atoms with Crippen molar-refractivity contribution in [2.75, 3.05) is 6.61 Å². The number of hydrogen-bond donors (Lipinski definition) is 1. The fourth-order valence-electron chi connectivity index (χ4n) is 4.07. The molecule has 0 spiro atoms. The van der Waals surface area contributed by atoms with Crippen LogP contribution in [0.15, 0.2) is 71.9 Å². The molecule has 4 rings (SSSR count). The molecule has 10 heteroatoms. The minimum atomic E-state index is -4.27. The van der Waals surface area contributed by atoms with Crippen LogP contribution in [0.1, 0.15) is 40.9 Å². The zero-order valence-electron chi connectivity index (χ0n) is 22.9. The molecule has 2 heterocycles. The molecule has 0 aliphatic rings. The summed E-state index contributed by atoms with van der Waals surface area (Å²) in [6.07, 6.45) is 1.31. The Morgan fingerprint density at radius 1 is 1.00 bits per heavy atom. The van der Waals surface area contributed by atoms with Crippen LogP contribution in [0.4, 0.5) is 4.39 Å². The van der Waals surface area contributed by atoms with Gasteiger partial charge < -0.3 is 9.47 Å². The highest BCUT2D eigenvalue weighted by Crippen LogP contribution is 2.33. The van der Waals surface area contributed by atoms with E-state index in [0.717, 1.165) is 16.7 Å². The lowest BCUT2D eigenvalue weighted by Gasteiger charge is -2.16. The van der Waals surface area contributed by atoms with E-state index in [-0.39, 0.29) is 22.4 Å². The number of aromatic nitrogens is 2. The van der Waals surface area contributed by atoms with Crippen molar-refractivity contribution >= 4 is 15.9 Å². The monoisotopic (exact) mass is 563 g/mol. The molecule has 1 N–H and O–H groups in total. The van der Waals surface area contributed by atoms with Crippen molar-refractivity contribution in [1.82, 2.24) is 14.7 Å². The molecule has 0 saturated heterocycles. The fourth-order valence-corrected chi connectivity index (χ4v) is 4.98. The van der Waals surface area contributed by atoms with Crippen LogP contribution in [0.25, 0.3) is 11.3 Å². The predicted octanol–water partition coefficient (Wildman–Crippen LogP) is 6.15. The first kappa shape index (κ1) is 28.7. The zero-order valence-corrected chi connectivity index (χ0v) is 23.7. The Morgan fingerprint density at radius 2 is 1.73 bits per heavy atom. The Labute approximate surface area is 233 Å². The molecule has 0 atom stereocenters. The van der Waals surface area contributed by atoms with Crippen molar-refractivity contribution < 1.29 is 27.1 Å². The number of halogens is 1. The number of carbonyl (C=O) groups excluding carboxylic acids is 1. The van der Waals surface area contributed by atoms with Crippen LogP contribution < -0.4 is 14.2 Å². The highest BCUT2D eigenvalue weighted by Gasteiger charge is 2.24. The number of benzene rings is 2. The smallest absolute Gasteiger partial charge is 0.281 e. The van der Waals surface area contributed by atoms with E-state index < -0.39 is 21.7 Å². The van der Waals surface area contributed by atoms with Gasteiger partial charge in [0.2, 0.25) is 5.88 Å². The predicted molar refractivity (Wildman–Crippen MR) is 150 cm³/mol. The molecule has 208 valence electrons. The van der Waals surface area contributed by atoms with Crippen molar-refractivity contribution in [3.8, 4) is 28.6 Å². The summed E-state index contributed by atoms with van der Waals surface area (Å²) < 4.78 is 54.0. The van der Waals surface area contributed by atoms with E-state index in [1.54, 1.807) is 12.1 Å². The summed E-state index contributed by atoms with van der Waals surface area (Å²) in [7, 11) is -4.27. The van der Waals surface area contributed by atoms with Gasteiger partial charge in [-0.3, -0.25) is 4.79 Å². The average Bonchev–Trinajstić information content (AvgIpc) is 2.89. The van der Waals surface area contributed by atoms with Gasteiger partial charge in [-0.2, -0.15) is 8.42 Å². The number of nitrogens with one attached hydrogen (secondary N) is 1. The van der Waals surface area contributed by atoms with Gasteiger partial charge in [-0.25, -0.2) is 19.1 Å². The number of rotatable bonds is 9. The second kappa shape index (κ2) is 11.8. The van der Waals surface area contributed by atoms with Gasteiger partial charge in [-0.1, -0.05) is 37.6 Å². The van der Waals surface area contributed by atoms with E-state index in [1.165, 1.54) is 42.6 Å². The van der Waals surface area contributed by atoms with Crippen molar-refractivity contribution in [2.24, 2.45) is 5.92 Å². The van der Waals surface area contributed by atoms with Crippen LogP contribution in [0.5, 0.6) is 17.4 Å². The Bertz CT molecular complexity index is 1630. The van der Waals surface area contributed by atoms with Crippen molar-refractivity contribution in [3.05, 3.63) is 94.9 Å². The summed E-state index contributed by atoms with van der Waals surface area (Å²) in [5.41, 5.74) is 3.19. The highest BCUT2D eigenvalue weighted by atomic mass is 32.2. The lowest BCUT2D eigenvalue weighted by molar-refractivity contribution is 0.0978. The van der Waals surface area contributed by atoms with Crippen LogP contribution in [-0.4, -0.2) is 30.9 Å². The molecular weight excluding hydrogens is 533 g/mol. The average molecular weight is 564 g/mol. The number of aryl methyl sites for hydroxylation is 3. The quantitative estimate of drug-likeness (QED) is 0.260. The molecule has 0 saturated carbocycles. The van der Waals surface area contributed by atoms with E-state index >= 15 is 0 Å². The number of hydrogen-bond acceptors (Lipinski definition) is 7. The van der Waals surface area contributed by atoms with Crippen molar-refractivity contribution in [3.63, 3.8) is 0 Å². The van der Waals surface area contributed by atoms with Gasteiger partial charge in [0.15, 0.2) is 5.03 Å². The zero-order chi connectivity index (χ0) is 29.0. The molecule has 0 aliphatic heterocycles. The van der Waals surface area contributed by atoms with E-state index in [4.69, 9.17) is 9.47 Å². The topological polar surface area (TPSA) is 107 Å². The number of sulfonamides is 1. The van der Waals surface area contributed by atoms with Crippen LogP contribution in [0.2, 0.25) is 0 Å². The van der Waals surface area contributed by atoms with Crippen LogP contribution >= 0.6 is 0 Å². The molecule has 1 amide bonds. The van der Waals surface area contributed by atoms with E-state index in [1.807, 2.05) is 51.5 Å². The molecular formula is C30H30FN3O5S. The number of nitrogens with zero attached hydrogens (tertiary/aromatic N) is 2. The van der Waals surface area contributed by atoms with E-state index in [2.05, 4.69) is 9.97 Å². The molecule has 4 aromatic rings. The first-order valence-corrected chi connectivity index (χ1v) is 14.1. The summed E-state index contributed by atoms with van der Waals surface area (Å²) in [4.78, 5) is 21.6. The van der Waals surface area contributed by atoms with Crippen molar-refractivity contribution in [2.45, 2.75) is 39.6 Å². The Hall–Kier alpha value is -4.31. The molecule has 2 aromatic heterocycles. The lowest BCUT2D eigenvalue weighted by atomic mass is 10.1. The molecule has 0 aliphatic carbocycles. The summed E-state index contributed by atoms with van der Waals surface area (Å²) in [6.45, 7) is 10.0. The summed E-state index contributed by atoms with van der Waals surface area (Å²) in [6, 6.07) is 15.3. The van der Waals surface area contributed by atoms with Gasteiger partial charge in [-0.15, -0.1) is 0 Å². The minimum absolute atomic E-state index is 0.129. The van der Waals surface area contributed by atoms with E-state index in [0.29, 0.717) is 29.4 Å². The van der Waals surface area contributed by atoms with Gasteiger partial charge >= 0.3 is 0 Å². The third-order valence-electron chi connectivity index (χ3n) is 5.80. The number of ether oxygens (including phenoxy) is 2. The summed E-state index contributed by atoms with van der Waals surface area (Å²) in [5, 5.41) is -0.311. The molecule has 40 heavy (non-hydrogen) atoms. The highest BCUT2D eigenvalue weighted by molar-refractivity contribution is 7.90. The Morgan fingerprint density at radius 3 is 2.38 bits per heavy atom. The molecule has 0 fully saturated rings. The standard InChI is InChI=1S/C30H30FN3O5S/c1-18(2)17-38-24-15-22(14-23(31)16-24)26-10-9-25(29(35)34-40(36,37)27-8-6-7-11-32-27)30(33-26)39-28-20(4)12-19(3)13-21(28)5/h6-16,18H,17H2,1-5H3,(H,34,35). The van der Waals surface area contributed by atoms with Gasteiger partial charge in [-0.05, 0) is 74.2 Å². The fraction of sp³-hybridized carbons (Fsp3) is 0.233. The van der Waals surface area contributed by atoms with Crippen molar-refractivity contribution in [1.29, 1.82) is 0 Å². The maximum absolute atomic E-state index is 14.5. The molecule has 8 nitrogen and oxygen atoms in total. The Balaban J connectivity index is 1.78. The number of carbonyl (C=O) groups is 1. The van der Waals surface area contributed by atoms with Gasteiger partial charge in [0.1, 0.15) is 22.9 Å². The van der Waals surface area contributed by atoms with Crippen LogP contribution in [-0.2, 0) is 10.0 Å². The number of pyridine rings is 2. The summed E-state index contributed by atoms with van der Waals surface area (Å²) >= 11 is 0. The molecule has 0 radical (unpaired) electrons. The first-order chi connectivity index (χ1) is 18.9. The third-order valence-corrected chi connectivity index (χ3v) is 7.05. The number of amides is 1. The van der Waals surface area contributed by atoms with Crippen LogP contribution in [0.3, 0.4) is 0 Å². The SMILES string of the molecule is Cc1cc(C)c(Oc2nc(-c3cc(F)cc(OCC(C)C)c3)ccc2C(=O)NS(=O)(=O)c2ccccn2)c(C)c1. The third kappa shape index (κ3) is 6.81. The van der Waals surface area contributed by atoms with Gasteiger partial charge in [0, 0.05) is 17.8 Å². The first-order valence-electron chi connectivity index (χ1n) is 12.6. The maximum Gasteiger partial charge on any atom is 0.281 e. The van der Waals surface area contributed by atoms with Gasteiger partial charge in [0.05, 0.1) is 12.3 Å². The Kier molecular flexibility index (Phi) is 8.49. The van der Waals surface area contributed by atoms with Crippen LogP contribution in [0, 0.1) is 32.5 Å². The molecule has 2 aromatic carbocycles. The summed E-state index contributed by atoms with van der Waals surface area (Å²) in [5.74, 6) is -0.573. The molecule has 0 bridgehead atoms. The van der Waals surface area contributed by atoms with Gasteiger partial charge in [0.25, 0.3) is 15.9 Å². The normalized spacial score (nSPS) is 11.4. The van der Waals surface area contributed by atoms with E-state index in [9.17, 15) is 17.6 Å².